The lowest BCUT2D eigenvalue weighted by Crippen LogP contribution is -2.47. The van der Waals surface area contributed by atoms with E-state index in [2.05, 4.69) is 31.9 Å². The summed E-state index contributed by atoms with van der Waals surface area (Å²) in [5, 5.41) is 85.8. The van der Waals surface area contributed by atoms with E-state index in [1.54, 1.807) is 44.2 Å². The summed E-state index contributed by atoms with van der Waals surface area (Å²) in [5.41, 5.74) is 3.45. The summed E-state index contributed by atoms with van der Waals surface area (Å²) in [6.07, 6.45) is 4.04. The lowest BCUT2D eigenvalue weighted by molar-refractivity contribution is -0.132. The minimum absolute atomic E-state index is 0.0261. The first-order valence-corrected chi connectivity index (χ1v) is 29.2. The highest BCUT2D eigenvalue weighted by atomic mass is 16.5. The Hall–Kier alpha value is -8.40. The zero-order chi connectivity index (χ0) is 62.3. The third kappa shape index (κ3) is 27.2. The number of unbranched alkanes of at least 4 members (excludes halogenated alkanes) is 3. The van der Waals surface area contributed by atoms with Crippen LogP contribution in [-0.4, -0.2) is 134 Å². The fourth-order valence-corrected chi connectivity index (χ4v) is 9.19. The van der Waals surface area contributed by atoms with Gasteiger partial charge in [0.2, 0.25) is 35.4 Å². The van der Waals surface area contributed by atoms with Crippen molar-refractivity contribution in [2.24, 2.45) is 5.92 Å². The normalized spacial score (nSPS) is 12.5. The van der Waals surface area contributed by atoms with Gasteiger partial charge in [0, 0.05) is 70.6 Å². The van der Waals surface area contributed by atoms with Crippen molar-refractivity contribution in [1.82, 2.24) is 31.9 Å². The number of nitrogens with one attached hydrogen (secondary N) is 6. The number of Topliss-reactive ketones (excluding diaryl/α,β-unsaturated/α-hetero) is 2. The van der Waals surface area contributed by atoms with Gasteiger partial charge in [-0.05, 0) is 168 Å². The van der Waals surface area contributed by atoms with Gasteiger partial charge >= 0.3 is 0 Å². The van der Waals surface area contributed by atoms with Gasteiger partial charge < -0.3 is 72.4 Å². The first-order valence-electron chi connectivity index (χ1n) is 29.2. The summed E-state index contributed by atoms with van der Waals surface area (Å²) in [6.45, 7) is 5.93. The van der Waals surface area contributed by atoms with Crippen LogP contribution < -0.4 is 31.9 Å². The molecule has 85 heavy (non-hydrogen) atoms. The Balaban J connectivity index is 1.39. The van der Waals surface area contributed by atoms with Crippen molar-refractivity contribution in [3.63, 3.8) is 0 Å². The molecular weight excluding hydrogens is 1100 g/mol. The van der Waals surface area contributed by atoms with Gasteiger partial charge in [0.05, 0.1) is 18.8 Å². The summed E-state index contributed by atoms with van der Waals surface area (Å²) >= 11 is 0. The predicted molar refractivity (Wildman–Crippen MR) is 317 cm³/mol. The SMILES string of the molecule is CC(=O)CCOC(C)CNC(=O)C(CCCCNC(=O)C(CCCCNC(=O)CCc1ccc(O)c(C)c1)NC(=O)CCc1ccc(O)c(O)c1)CC(=O)C(CCCCNC(=O)CCc1ccc(O)c(O)c1)NC(=O)CCc1ccc(O)c(O)c1. The van der Waals surface area contributed by atoms with Crippen molar-refractivity contribution < 1.29 is 78.8 Å². The van der Waals surface area contributed by atoms with E-state index in [1.165, 1.54) is 43.3 Å². The van der Waals surface area contributed by atoms with Crippen molar-refractivity contribution in [1.29, 1.82) is 0 Å². The Morgan fingerprint density at radius 2 is 0.859 bits per heavy atom. The minimum atomic E-state index is -1.03. The Morgan fingerprint density at radius 1 is 0.447 bits per heavy atom. The zero-order valence-electron chi connectivity index (χ0n) is 49.0. The molecule has 0 aliphatic carbocycles. The second-order valence-electron chi connectivity index (χ2n) is 21.6. The van der Waals surface area contributed by atoms with Gasteiger partial charge in [-0.3, -0.25) is 38.4 Å². The number of hydrogen-bond donors (Lipinski definition) is 13. The second kappa shape index (κ2) is 37.0. The highest BCUT2D eigenvalue weighted by molar-refractivity contribution is 5.92. The second-order valence-corrected chi connectivity index (χ2v) is 21.6. The Morgan fingerprint density at radius 3 is 1.32 bits per heavy atom. The maximum Gasteiger partial charge on any atom is 0.242 e. The molecular formula is C63H86N6O16. The van der Waals surface area contributed by atoms with Crippen LogP contribution in [-0.2, 0) is 68.8 Å². The van der Waals surface area contributed by atoms with Gasteiger partial charge in [-0.2, -0.15) is 0 Å². The molecule has 0 radical (unpaired) electrons. The molecule has 0 spiro atoms. The molecule has 4 aromatic rings. The zero-order valence-corrected chi connectivity index (χ0v) is 49.0. The first kappa shape index (κ1) is 69.1. The number of amides is 6. The topological polar surface area (TPSA) is 360 Å². The molecule has 0 saturated heterocycles. The van der Waals surface area contributed by atoms with E-state index in [1.807, 2.05) is 6.07 Å². The van der Waals surface area contributed by atoms with Gasteiger partial charge in [-0.15, -0.1) is 0 Å². The molecule has 4 atom stereocenters. The van der Waals surface area contributed by atoms with Crippen LogP contribution in [0, 0.1) is 12.8 Å². The largest absolute Gasteiger partial charge is 0.508 e. The number of carbonyl (C=O) groups is 8. The van der Waals surface area contributed by atoms with Gasteiger partial charge in [0.25, 0.3) is 0 Å². The van der Waals surface area contributed by atoms with E-state index in [4.69, 9.17) is 4.74 Å². The van der Waals surface area contributed by atoms with Crippen LogP contribution in [0.5, 0.6) is 40.2 Å². The Bertz CT molecular complexity index is 2860. The van der Waals surface area contributed by atoms with Crippen molar-refractivity contribution in [2.45, 2.75) is 161 Å². The molecule has 6 amide bonds. The number of rotatable bonds is 40. The van der Waals surface area contributed by atoms with E-state index in [0.29, 0.717) is 80.2 Å². The van der Waals surface area contributed by atoms with Gasteiger partial charge in [0.1, 0.15) is 17.6 Å². The third-order valence-corrected chi connectivity index (χ3v) is 14.3. The Kier molecular flexibility index (Phi) is 30.1. The molecule has 4 unspecified atom stereocenters. The number of carbonyl (C=O) groups excluding carboxylic acids is 8. The number of benzene rings is 4. The standard InChI is InChI=1S/C63H86N6O16/c1-40-34-43(13-21-50(40)71)17-25-58(79)65-31-9-6-12-49(69-61(82)28-20-46-16-24-53(74)57(78)37-46)63(84)66-32-7-4-10-47(62(83)67-39-42(3)85-33-29-41(2)70)38-54(75)48(68-60(81)27-19-45-15-23-52(73)56(77)36-45)11-5-8-30-64-59(80)26-18-44-14-22-51(72)55(76)35-44/h13-16,21-24,34-37,42,47-49,71-74,76-78H,4-12,17-20,25-33,38-39H2,1-3H3,(H,64,80)(H,65,79)(H,66,84)(H,67,83)(H,68,81)(H,69,82). The van der Waals surface area contributed by atoms with E-state index in [-0.39, 0.29) is 155 Å². The van der Waals surface area contributed by atoms with Crippen molar-refractivity contribution in [3.05, 3.63) is 101 Å². The summed E-state index contributed by atoms with van der Waals surface area (Å²) in [5.74, 6) is -5.25. The first-order chi connectivity index (χ1) is 40.6. The molecule has 0 saturated carbocycles. The van der Waals surface area contributed by atoms with Crippen LogP contribution in [0.2, 0.25) is 0 Å². The lowest BCUT2D eigenvalue weighted by Gasteiger charge is -2.23. The maximum atomic E-state index is 14.3. The van der Waals surface area contributed by atoms with Gasteiger partial charge in [-0.25, -0.2) is 0 Å². The molecule has 0 aromatic heterocycles. The lowest BCUT2D eigenvalue weighted by atomic mass is 9.91. The average Bonchev–Trinajstić information content (AvgIpc) is 3.63. The molecule has 4 rings (SSSR count). The summed E-state index contributed by atoms with van der Waals surface area (Å²) in [7, 11) is 0. The molecule has 4 aromatic carbocycles. The molecule has 0 bridgehead atoms. The molecule has 0 heterocycles. The van der Waals surface area contributed by atoms with E-state index in [9.17, 15) is 74.1 Å². The van der Waals surface area contributed by atoms with Crippen LogP contribution in [0.3, 0.4) is 0 Å². The monoisotopic (exact) mass is 1180 g/mol. The van der Waals surface area contributed by atoms with Crippen molar-refractivity contribution in [2.75, 3.05) is 32.8 Å². The maximum absolute atomic E-state index is 14.3. The summed E-state index contributed by atoms with van der Waals surface area (Å²) < 4.78 is 5.70. The van der Waals surface area contributed by atoms with Gasteiger partial charge in [0.15, 0.2) is 40.3 Å². The number of phenols is 7. The smallest absolute Gasteiger partial charge is 0.242 e. The van der Waals surface area contributed by atoms with Crippen LogP contribution in [0.15, 0.2) is 72.8 Å². The fourth-order valence-electron chi connectivity index (χ4n) is 9.19. The highest BCUT2D eigenvalue weighted by Gasteiger charge is 2.28. The molecule has 22 heteroatoms. The van der Waals surface area contributed by atoms with Crippen LogP contribution >= 0.6 is 0 Å². The summed E-state index contributed by atoms with van der Waals surface area (Å²) in [6, 6.07) is 16.0. The highest BCUT2D eigenvalue weighted by Crippen LogP contribution is 2.28. The Labute approximate surface area is 496 Å². The molecule has 22 nitrogen and oxygen atoms in total. The summed E-state index contributed by atoms with van der Waals surface area (Å²) in [4.78, 5) is 106. The van der Waals surface area contributed by atoms with Crippen molar-refractivity contribution in [3.8, 4) is 40.2 Å². The quantitative estimate of drug-likeness (QED) is 0.0188. The number of ketones is 2. The average molecular weight is 1180 g/mol. The fraction of sp³-hybridized carbons (Fsp3) is 0.492. The van der Waals surface area contributed by atoms with Crippen LogP contribution in [0.25, 0.3) is 0 Å². The molecule has 464 valence electrons. The molecule has 0 aliphatic rings. The molecule has 0 fully saturated rings. The minimum Gasteiger partial charge on any atom is -0.508 e. The van der Waals surface area contributed by atoms with E-state index < -0.39 is 53.5 Å². The third-order valence-electron chi connectivity index (χ3n) is 14.3. The van der Waals surface area contributed by atoms with Crippen LogP contribution in [0.4, 0.5) is 0 Å². The number of aromatic hydroxyl groups is 7. The van der Waals surface area contributed by atoms with Crippen LogP contribution in [0.1, 0.15) is 138 Å². The predicted octanol–water partition coefficient (Wildman–Crippen LogP) is 5.67. The molecule has 0 aliphatic heterocycles. The molecule has 13 N–H and O–H groups in total. The number of aryl methyl sites for hydroxylation is 5. The number of phenolic OH excluding ortho intramolecular Hbond substituents is 7. The number of ether oxygens (including phenoxy) is 1. The van der Waals surface area contributed by atoms with Crippen molar-refractivity contribution >= 4 is 47.0 Å². The van der Waals surface area contributed by atoms with E-state index in [0.717, 1.165) is 5.56 Å². The van der Waals surface area contributed by atoms with Gasteiger partial charge in [-0.1, -0.05) is 36.8 Å². The van der Waals surface area contributed by atoms with E-state index >= 15 is 0 Å². The number of hydrogen-bond acceptors (Lipinski definition) is 16.